The molecule has 4 aromatic rings. The van der Waals surface area contributed by atoms with Gasteiger partial charge in [-0.3, -0.25) is 14.1 Å². The van der Waals surface area contributed by atoms with Gasteiger partial charge in [0.05, 0.1) is 22.5 Å². The Balaban J connectivity index is 1.55. The standard InChI is InChI=1S/C17H16N4OS2/c1-11-10-23-17-18-12(7-16(22)21(11)17)8-20(2)9-15-19-13-5-3-4-6-14(13)24-15/h3-7,10H,8-9H2,1-2H3. The van der Waals surface area contributed by atoms with Crippen LogP contribution in [0.25, 0.3) is 15.2 Å². The summed E-state index contributed by atoms with van der Waals surface area (Å²) in [4.78, 5) is 24.4. The van der Waals surface area contributed by atoms with Crippen molar-refractivity contribution in [3.05, 3.63) is 62.5 Å². The van der Waals surface area contributed by atoms with Crippen LogP contribution >= 0.6 is 22.7 Å². The van der Waals surface area contributed by atoms with Crippen LogP contribution in [0.5, 0.6) is 0 Å². The van der Waals surface area contributed by atoms with Gasteiger partial charge in [-0.1, -0.05) is 12.1 Å². The van der Waals surface area contributed by atoms with Crippen LogP contribution in [-0.2, 0) is 13.1 Å². The highest BCUT2D eigenvalue weighted by Crippen LogP contribution is 2.22. The number of thiazole rings is 2. The molecule has 0 unspecified atom stereocenters. The third kappa shape index (κ3) is 2.86. The van der Waals surface area contributed by atoms with Crippen molar-refractivity contribution in [2.75, 3.05) is 7.05 Å². The van der Waals surface area contributed by atoms with Crippen molar-refractivity contribution in [1.29, 1.82) is 0 Å². The first-order valence-corrected chi connectivity index (χ1v) is 9.29. The van der Waals surface area contributed by atoms with Crippen molar-refractivity contribution in [2.24, 2.45) is 0 Å². The summed E-state index contributed by atoms with van der Waals surface area (Å²) in [5.74, 6) is 0. The molecule has 0 spiro atoms. The molecule has 0 bridgehead atoms. The number of hydrogen-bond donors (Lipinski definition) is 0. The number of para-hydroxylation sites is 1. The zero-order valence-electron chi connectivity index (χ0n) is 13.4. The van der Waals surface area contributed by atoms with Crippen LogP contribution in [0.3, 0.4) is 0 Å². The molecule has 0 N–H and O–H groups in total. The van der Waals surface area contributed by atoms with E-state index in [4.69, 9.17) is 0 Å². The Morgan fingerprint density at radius 3 is 2.88 bits per heavy atom. The van der Waals surface area contributed by atoms with Crippen LogP contribution in [-0.4, -0.2) is 26.3 Å². The normalized spacial score (nSPS) is 11.8. The first-order chi connectivity index (χ1) is 11.6. The van der Waals surface area contributed by atoms with Gasteiger partial charge in [0.15, 0.2) is 4.96 Å². The molecular formula is C17H16N4OS2. The maximum Gasteiger partial charge on any atom is 0.259 e. The van der Waals surface area contributed by atoms with E-state index in [2.05, 4.69) is 20.9 Å². The number of fused-ring (bicyclic) bond motifs is 2. The maximum absolute atomic E-state index is 12.2. The van der Waals surface area contributed by atoms with E-state index in [1.54, 1.807) is 21.8 Å². The van der Waals surface area contributed by atoms with Crippen LogP contribution in [0.1, 0.15) is 16.4 Å². The number of benzene rings is 1. The lowest BCUT2D eigenvalue weighted by Gasteiger charge is -2.14. The Hall–Kier alpha value is -2.09. The quantitative estimate of drug-likeness (QED) is 0.563. The van der Waals surface area contributed by atoms with Crippen molar-refractivity contribution in [1.82, 2.24) is 19.3 Å². The molecule has 0 saturated carbocycles. The highest BCUT2D eigenvalue weighted by Gasteiger charge is 2.10. The Morgan fingerprint density at radius 2 is 2.04 bits per heavy atom. The van der Waals surface area contributed by atoms with E-state index in [9.17, 15) is 4.79 Å². The van der Waals surface area contributed by atoms with Gasteiger partial charge in [-0.2, -0.15) is 0 Å². The number of hydrogen-bond acceptors (Lipinski definition) is 6. The van der Waals surface area contributed by atoms with E-state index in [1.807, 2.05) is 37.6 Å². The third-order valence-electron chi connectivity index (χ3n) is 3.80. The smallest absolute Gasteiger partial charge is 0.259 e. The predicted octanol–water partition coefficient (Wildman–Crippen LogP) is 3.31. The Morgan fingerprint density at radius 1 is 1.21 bits per heavy atom. The van der Waals surface area contributed by atoms with Crippen LogP contribution in [0.4, 0.5) is 0 Å². The van der Waals surface area contributed by atoms with Crippen LogP contribution in [0.2, 0.25) is 0 Å². The van der Waals surface area contributed by atoms with E-state index in [0.717, 1.165) is 33.4 Å². The van der Waals surface area contributed by atoms with Crippen molar-refractivity contribution in [2.45, 2.75) is 20.0 Å². The fourth-order valence-corrected chi connectivity index (χ4v) is 4.67. The zero-order valence-corrected chi connectivity index (χ0v) is 15.0. The number of aromatic nitrogens is 3. The second-order valence-corrected chi connectivity index (χ2v) is 7.78. The van der Waals surface area contributed by atoms with Gasteiger partial charge < -0.3 is 0 Å². The molecule has 7 heteroatoms. The Bertz CT molecular complexity index is 1050. The highest BCUT2D eigenvalue weighted by atomic mass is 32.1. The molecule has 0 fully saturated rings. The maximum atomic E-state index is 12.2. The van der Waals surface area contributed by atoms with Gasteiger partial charge in [0, 0.05) is 23.7 Å². The van der Waals surface area contributed by atoms with Crippen molar-refractivity contribution >= 4 is 37.9 Å². The molecule has 5 nitrogen and oxygen atoms in total. The van der Waals surface area contributed by atoms with E-state index in [0.29, 0.717) is 6.54 Å². The van der Waals surface area contributed by atoms with Crippen LogP contribution < -0.4 is 5.56 Å². The topological polar surface area (TPSA) is 50.5 Å². The summed E-state index contributed by atoms with van der Waals surface area (Å²) in [5, 5.41) is 3.03. The van der Waals surface area contributed by atoms with Crippen LogP contribution in [0, 0.1) is 6.92 Å². The number of aryl methyl sites for hydroxylation is 1. The molecule has 3 heterocycles. The lowest BCUT2D eigenvalue weighted by molar-refractivity contribution is 0.315. The van der Waals surface area contributed by atoms with Crippen molar-refractivity contribution in [3.8, 4) is 0 Å². The van der Waals surface area contributed by atoms with E-state index >= 15 is 0 Å². The highest BCUT2D eigenvalue weighted by molar-refractivity contribution is 7.18. The second kappa shape index (κ2) is 6.08. The average molecular weight is 356 g/mol. The van der Waals surface area contributed by atoms with Gasteiger partial charge >= 0.3 is 0 Å². The summed E-state index contributed by atoms with van der Waals surface area (Å²) in [6.45, 7) is 3.29. The molecule has 0 radical (unpaired) electrons. The molecule has 0 saturated heterocycles. The molecule has 0 aliphatic heterocycles. The van der Waals surface area contributed by atoms with Crippen LogP contribution in [0.15, 0.2) is 40.5 Å². The minimum absolute atomic E-state index is 0.0119. The van der Waals surface area contributed by atoms with Gasteiger partial charge in [-0.15, -0.1) is 22.7 Å². The van der Waals surface area contributed by atoms with Crippen molar-refractivity contribution in [3.63, 3.8) is 0 Å². The van der Waals surface area contributed by atoms with Gasteiger partial charge in [-0.25, -0.2) is 9.97 Å². The summed E-state index contributed by atoms with van der Waals surface area (Å²) >= 11 is 3.21. The first kappa shape index (κ1) is 15.4. The van der Waals surface area contributed by atoms with Crippen molar-refractivity contribution < 1.29 is 0 Å². The van der Waals surface area contributed by atoms with E-state index in [1.165, 1.54) is 16.0 Å². The zero-order chi connectivity index (χ0) is 16.7. The fraction of sp³-hybridized carbons (Fsp3) is 0.235. The van der Waals surface area contributed by atoms with Gasteiger partial charge in [-0.05, 0) is 26.1 Å². The minimum atomic E-state index is -0.0119. The summed E-state index contributed by atoms with van der Waals surface area (Å²) < 4.78 is 2.86. The molecule has 3 aromatic heterocycles. The lowest BCUT2D eigenvalue weighted by atomic mass is 10.3. The molecule has 0 amide bonds. The van der Waals surface area contributed by atoms with E-state index < -0.39 is 0 Å². The Kier molecular flexibility index (Phi) is 3.91. The first-order valence-electron chi connectivity index (χ1n) is 7.60. The Labute approximate surface area is 146 Å². The minimum Gasteiger partial charge on any atom is -0.294 e. The summed E-state index contributed by atoms with van der Waals surface area (Å²) in [6, 6.07) is 9.78. The average Bonchev–Trinajstić information content (AvgIpc) is 3.10. The second-order valence-electron chi connectivity index (χ2n) is 5.83. The summed E-state index contributed by atoms with van der Waals surface area (Å²) in [5.41, 5.74) is 2.76. The molecule has 0 aliphatic rings. The summed E-state index contributed by atoms with van der Waals surface area (Å²) in [7, 11) is 2.02. The summed E-state index contributed by atoms with van der Waals surface area (Å²) in [6.07, 6.45) is 0. The van der Waals surface area contributed by atoms with Gasteiger partial charge in [0.2, 0.25) is 0 Å². The SMILES string of the molecule is Cc1csc2nc(CN(C)Cc3nc4ccccc4s3)cc(=O)n12. The molecule has 122 valence electrons. The molecular weight excluding hydrogens is 340 g/mol. The predicted molar refractivity (Wildman–Crippen MR) is 98.9 cm³/mol. The largest absolute Gasteiger partial charge is 0.294 e. The van der Waals surface area contributed by atoms with Gasteiger partial charge in [0.1, 0.15) is 5.01 Å². The third-order valence-corrected chi connectivity index (χ3v) is 5.77. The molecule has 24 heavy (non-hydrogen) atoms. The molecule has 1 aromatic carbocycles. The monoisotopic (exact) mass is 356 g/mol. The number of nitrogens with zero attached hydrogens (tertiary/aromatic N) is 4. The van der Waals surface area contributed by atoms with Gasteiger partial charge in [0.25, 0.3) is 5.56 Å². The lowest BCUT2D eigenvalue weighted by Crippen LogP contribution is -2.21. The molecule has 4 rings (SSSR count). The molecule has 0 atom stereocenters. The molecule has 0 aliphatic carbocycles. The number of rotatable bonds is 4. The fourth-order valence-electron chi connectivity index (χ4n) is 2.73. The van der Waals surface area contributed by atoms with E-state index in [-0.39, 0.29) is 5.56 Å².